The van der Waals surface area contributed by atoms with Crippen LogP contribution in [0.3, 0.4) is 0 Å². The molecule has 0 atom stereocenters. The van der Waals surface area contributed by atoms with E-state index in [1.165, 1.54) is 12.1 Å². The second-order valence-corrected chi connectivity index (χ2v) is 6.60. The molecule has 0 aliphatic heterocycles. The first-order chi connectivity index (χ1) is 10.5. The Bertz CT molecular complexity index is 561. The van der Waals surface area contributed by atoms with Crippen molar-refractivity contribution in [2.24, 2.45) is 0 Å². The van der Waals surface area contributed by atoms with Crippen molar-refractivity contribution in [2.75, 3.05) is 31.0 Å². The van der Waals surface area contributed by atoms with Gasteiger partial charge in [-0.25, -0.2) is 13.1 Å². The Morgan fingerprint density at radius 2 is 1.95 bits per heavy atom. The maximum Gasteiger partial charge on any atom is 0.240 e. The Balaban J connectivity index is 2.55. The summed E-state index contributed by atoms with van der Waals surface area (Å²) < 4.78 is 31.7. The monoisotopic (exact) mass is 348 g/mol. The summed E-state index contributed by atoms with van der Waals surface area (Å²) >= 11 is 5.47. The first kappa shape index (κ1) is 18.9. The van der Waals surface area contributed by atoms with Crippen LogP contribution in [0.1, 0.15) is 19.8 Å². The van der Waals surface area contributed by atoms with Crippen LogP contribution in [0.4, 0.5) is 5.69 Å². The molecule has 0 heterocycles. The average molecular weight is 349 g/mol. The first-order valence-electron chi connectivity index (χ1n) is 7.03. The number of ether oxygens (including phenoxy) is 1. The van der Waals surface area contributed by atoms with Crippen molar-refractivity contribution >= 4 is 33.2 Å². The van der Waals surface area contributed by atoms with Crippen LogP contribution in [0.25, 0.3) is 0 Å². The molecule has 0 fully saturated rings. The average Bonchev–Trinajstić information content (AvgIpc) is 2.48. The fourth-order valence-corrected chi connectivity index (χ4v) is 2.88. The maximum absolute atomic E-state index is 12.0. The fourth-order valence-electron chi connectivity index (χ4n) is 1.64. The van der Waals surface area contributed by atoms with Gasteiger partial charge in [-0.2, -0.15) is 0 Å². The normalized spacial score (nSPS) is 11.4. The zero-order valence-corrected chi connectivity index (χ0v) is 14.0. The molecule has 0 bridgehead atoms. The minimum Gasteiger partial charge on any atom is -0.382 e. The number of hydrogen-bond acceptors (Lipinski definition) is 4. The van der Waals surface area contributed by atoms with Gasteiger partial charge < -0.3 is 10.1 Å². The Kier molecular flexibility index (Phi) is 8.40. The Morgan fingerprint density at radius 1 is 1.27 bits per heavy atom. The Hall–Kier alpha value is -1.15. The lowest BCUT2D eigenvalue weighted by molar-refractivity contribution is -0.115. The lowest BCUT2D eigenvalue weighted by Crippen LogP contribution is -2.25. The maximum atomic E-state index is 12.0. The number of benzene rings is 1. The highest BCUT2D eigenvalue weighted by molar-refractivity contribution is 7.89. The van der Waals surface area contributed by atoms with E-state index in [9.17, 15) is 13.2 Å². The van der Waals surface area contributed by atoms with E-state index in [4.69, 9.17) is 16.3 Å². The largest absolute Gasteiger partial charge is 0.382 e. The lowest BCUT2D eigenvalue weighted by Gasteiger charge is -2.08. The number of amides is 1. The van der Waals surface area contributed by atoms with E-state index in [0.29, 0.717) is 31.9 Å². The van der Waals surface area contributed by atoms with Crippen LogP contribution in [0.5, 0.6) is 0 Å². The Morgan fingerprint density at radius 3 is 2.55 bits per heavy atom. The van der Waals surface area contributed by atoms with Gasteiger partial charge in [0.1, 0.15) is 0 Å². The second-order valence-electron chi connectivity index (χ2n) is 4.46. The minimum atomic E-state index is -3.54. The van der Waals surface area contributed by atoms with E-state index in [1.807, 2.05) is 6.92 Å². The predicted molar refractivity (Wildman–Crippen MR) is 86.7 cm³/mol. The van der Waals surface area contributed by atoms with Crippen molar-refractivity contribution in [1.29, 1.82) is 0 Å². The summed E-state index contributed by atoms with van der Waals surface area (Å²) in [5, 5.41) is 2.63. The number of nitrogens with one attached hydrogen (secondary N) is 2. The standard InChI is InChI=1S/C14H21ClN2O4S/c1-2-21-11-3-10-16-22(19,20)13-6-4-12(5-7-13)17-14(18)8-9-15/h4-7,16H,2-3,8-11H2,1H3,(H,17,18). The van der Waals surface area contributed by atoms with E-state index >= 15 is 0 Å². The van der Waals surface area contributed by atoms with Crippen LogP contribution in [-0.4, -0.2) is 40.0 Å². The smallest absolute Gasteiger partial charge is 0.240 e. The van der Waals surface area contributed by atoms with Crippen molar-refractivity contribution < 1.29 is 17.9 Å². The van der Waals surface area contributed by atoms with Crippen LogP contribution >= 0.6 is 11.6 Å². The third-order valence-corrected chi connectivity index (χ3v) is 4.40. The lowest BCUT2D eigenvalue weighted by atomic mass is 10.3. The van der Waals surface area contributed by atoms with E-state index in [0.717, 1.165) is 0 Å². The van der Waals surface area contributed by atoms with Gasteiger partial charge in [-0.15, -0.1) is 11.6 Å². The molecular formula is C14H21ClN2O4S. The summed E-state index contributed by atoms with van der Waals surface area (Å²) in [6.07, 6.45) is 0.822. The number of rotatable bonds is 10. The van der Waals surface area contributed by atoms with Gasteiger partial charge in [0.05, 0.1) is 4.90 Å². The van der Waals surface area contributed by atoms with Crippen LogP contribution in [0.2, 0.25) is 0 Å². The molecule has 0 radical (unpaired) electrons. The van der Waals surface area contributed by atoms with Crippen LogP contribution in [-0.2, 0) is 19.6 Å². The fraction of sp³-hybridized carbons (Fsp3) is 0.500. The van der Waals surface area contributed by atoms with Crippen molar-refractivity contribution in [1.82, 2.24) is 4.72 Å². The molecule has 0 unspecified atom stereocenters. The number of carbonyl (C=O) groups is 1. The van der Waals surface area contributed by atoms with Gasteiger partial charge in [0.25, 0.3) is 0 Å². The first-order valence-corrected chi connectivity index (χ1v) is 9.04. The van der Waals surface area contributed by atoms with Crippen molar-refractivity contribution in [3.05, 3.63) is 24.3 Å². The summed E-state index contributed by atoms with van der Waals surface area (Å²) in [5.41, 5.74) is 0.533. The molecule has 1 aromatic carbocycles. The van der Waals surface area contributed by atoms with Gasteiger partial charge in [0.15, 0.2) is 0 Å². The molecule has 1 amide bonds. The molecule has 2 N–H and O–H groups in total. The summed E-state index contributed by atoms with van der Waals surface area (Å²) in [6.45, 7) is 3.34. The van der Waals surface area contributed by atoms with E-state index in [2.05, 4.69) is 10.0 Å². The third-order valence-electron chi connectivity index (χ3n) is 2.73. The summed E-state index contributed by atoms with van der Waals surface area (Å²) in [7, 11) is -3.54. The van der Waals surface area contributed by atoms with Crippen molar-refractivity contribution in [2.45, 2.75) is 24.7 Å². The quantitative estimate of drug-likeness (QED) is 0.500. The summed E-state index contributed by atoms with van der Waals surface area (Å²) in [6, 6.07) is 5.98. The zero-order valence-electron chi connectivity index (χ0n) is 12.5. The summed E-state index contributed by atoms with van der Waals surface area (Å²) in [4.78, 5) is 11.5. The van der Waals surface area contributed by atoms with E-state index < -0.39 is 10.0 Å². The zero-order chi connectivity index (χ0) is 16.4. The highest BCUT2D eigenvalue weighted by Crippen LogP contribution is 2.14. The molecule has 1 aromatic rings. The van der Waals surface area contributed by atoms with Gasteiger partial charge in [0, 0.05) is 37.7 Å². The molecule has 0 saturated heterocycles. The van der Waals surface area contributed by atoms with Crippen molar-refractivity contribution in [3.8, 4) is 0 Å². The minimum absolute atomic E-state index is 0.152. The molecule has 8 heteroatoms. The van der Waals surface area contributed by atoms with Crippen LogP contribution in [0, 0.1) is 0 Å². The number of anilines is 1. The highest BCUT2D eigenvalue weighted by Gasteiger charge is 2.13. The van der Waals surface area contributed by atoms with Gasteiger partial charge in [-0.05, 0) is 37.6 Å². The molecule has 0 aliphatic rings. The van der Waals surface area contributed by atoms with Gasteiger partial charge in [0.2, 0.25) is 15.9 Å². The molecule has 1 rings (SSSR count). The topological polar surface area (TPSA) is 84.5 Å². The number of halogens is 1. The van der Waals surface area contributed by atoms with Crippen LogP contribution < -0.4 is 10.0 Å². The molecule has 0 aromatic heterocycles. The number of carbonyl (C=O) groups excluding carboxylic acids is 1. The van der Waals surface area contributed by atoms with E-state index in [1.54, 1.807) is 12.1 Å². The summed E-state index contributed by atoms with van der Waals surface area (Å²) in [5.74, 6) is 0.0314. The number of hydrogen-bond donors (Lipinski definition) is 2. The number of alkyl halides is 1. The molecule has 124 valence electrons. The SMILES string of the molecule is CCOCCCNS(=O)(=O)c1ccc(NC(=O)CCCl)cc1. The molecule has 22 heavy (non-hydrogen) atoms. The molecule has 0 aliphatic carbocycles. The highest BCUT2D eigenvalue weighted by atomic mass is 35.5. The van der Waals surface area contributed by atoms with Gasteiger partial charge >= 0.3 is 0 Å². The Labute approximate surface area is 136 Å². The second kappa shape index (κ2) is 9.78. The van der Waals surface area contributed by atoms with Gasteiger partial charge in [-0.3, -0.25) is 4.79 Å². The number of sulfonamides is 1. The molecule has 6 nitrogen and oxygen atoms in total. The molecular weight excluding hydrogens is 328 g/mol. The van der Waals surface area contributed by atoms with Crippen molar-refractivity contribution in [3.63, 3.8) is 0 Å². The third kappa shape index (κ3) is 6.74. The van der Waals surface area contributed by atoms with Crippen LogP contribution in [0.15, 0.2) is 29.2 Å². The predicted octanol–water partition coefficient (Wildman–Crippen LogP) is 1.96. The van der Waals surface area contributed by atoms with Gasteiger partial charge in [-0.1, -0.05) is 0 Å². The molecule has 0 spiro atoms. The molecule has 0 saturated carbocycles. The van der Waals surface area contributed by atoms with E-state index in [-0.39, 0.29) is 23.1 Å².